The fourth-order valence-electron chi connectivity index (χ4n) is 3.74. The second-order valence-corrected chi connectivity index (χ2v) is 7.48. The van der Waals surface area contributed by atoms with Gasteiger partial charge in [-0.3, -0.25) is 4.79 Å². The van der Waals surface area contributed by atoms with Gasteiger partial charge in [0.25, 0.3) is 5.56 Å². The van der Waals surface area contributed by atoms with Gasteiger partial charge in [-0.15, -0.1) is 0 Å². The number of aromatic nitrogens is 2. The summed E-state index contributed by atoms with van der Waals surface area (Å²) in [6, 6.07) is 8.80. The second-order valence-electron chi connectivity index (χ2n) is 7.48. The first-order chi connectivity index (χ1) is 11.6. The van der Waals surface area contributed by atoms with Crippen LogP contribution in [-0.2, 0) is 18.4 Å². The van der Waals surface area contributed by atoms with E-state index in [2.05, 4.69) is 48.4 Å². The number of fused-ring (bicyclic) bond motifs is 1. The summed E-state index contributed by atoms with van der Waals surface area (Å²) in [5.41, 5.74) is 4.41. The summed E-state index contributed by atoms with van der Waals surface area (Å²) in [6.45, 7) is 6.02. The molecule has 0 amide bonds. The zero-order chi connectivity index (χ0) is 16.7. The molecule has 24 heavy (non-hydrogen) atoms. The first kappa shape index (κ1) is 15.6. The largest absolute Gasteiger partial charge is 0.312 e. The standard InChI is InChI=1S/C20H25N3O/c1-13(2)14-5-3-6-15(11-14)20(8-9-20)19-22-17-7-4-10-21-12-16(17)18(24)23-19/h3,5-6,11,13,21H,4,7-10,12H2,1-2H3,(H,22,23,24). The van der Waals surface area contributed by atoms with Crippen molar-refractivity contribution in [3.8, 4) is 0 Å². The summed E-state index contributed by atoms with van der Waals surface area (Å²) >= 11 is 0. The van der Waals surface area contributed by atoms with Crippen LogP contribution in [-0.4, -0.2) is 16.5 Å². The van der Waals surface area contributed by atoms with E-state index in [1.165, 1.54) is 11.1 Å². The molecule has 1 aliphatic carbocycles. The van der Waals surface area contributed by atoms with Crippen LogP contribution in [0.5, 0.6) is 0 Å². The molecule has 0 unspecified atom stereocenters. The van der Waals surface area contributed by atoms with Crippen LogP contribution in [0.4, 0.5) is 0 Å². The van der Waals surface area contributed by atoms with Crippen LogP contribution in [0.25, 0.3) is 0 Å². The van der Waals surface area contributed by atoms with E-state index in [0.29, 0.717) is 12.5 Å². The Morgan fingerprint density at radius 3 is 2.83 bits per heavy atom. The summed E-state index contributed by atoms with van der Waals surface area (Å²) in [4.78, 5) is 20.6. The van der Waals surface area contributed by atoms with E-state index < -0.39 is 0 Å². The molecule has 0 radical (unpaired) electrons. The maximum Gasteiger partial charge on any atom is 0.255 e. The minimum atomic E-state index is -0.0845. The smallest absolute Gasteiger partial charge is 0.255 e. The van der Waals surface area contributed by atoms with Crippen molar-refractivity contribution in [2.75, 3.05) is 6.54 Å². The number of nitrogens with one attached hydrogen (secondary N) is 2. The highest BCUT2D eigenvalue weighted by molar-refractivity contribution is 5.42. The Morgan fingerprint density at radius 1 is 1.25 bits per heavy atom. The summed E-state index contributed by atoms with van der Waals surface area (Å²) in [7, 11) is 0. The molecular formula is C20H25N3O. The van der Waals surface area contributed by atoms with Gasteiger partial charge in [-0.2, -0.15) is 0 Å². The van der Waals surface area contributed by atoms with Gasteiger partial charge in [-0.1, -0.05) is 38.1 Å². The summed E-state index contributed by atoms with van der Waals surface area (Å²) in [5.74, 6) is 1.37. The molecule has 1 fully saturated rings. The lowest BCUT2D eigenvalue weighted by molar-refractivity contribution is 0.678. The molecule has 0 saturated heterocycles. The van der Waals surface area contributed by atoms with Gasteiger partial charge in [0, 0.05) is 6.54 Å². The molecule has 0 spiro atoms. The minimum Gasteiger partial charge on any atom is -0.312 e. The van der Waals surface area contributed by atoms with Crippen LogP contribution in [0, 0.1) is 0 Å². The molecule has 2 aromatic rings. The zero-order valence-electron chi connectivity index (χ0n) is 14.5. The van der Waals surface area contributed by atoms with Crippen LogP contribution < -0.4 is 10.9 Å². The highest BCUT2D eigenvalue weighted by atomic mass is 16.1. The van der Waals surface area contributed by atoms with Gasteiger partial charge in [0.15, 0.2) is 0 Å². The van der Waals surface area contributed by atoms with Crippen molar-refractivity contribution in [1.82, 2.24) is 15.3 Å². The lowest BCUT2D eigenvalue weighted by Gasteiger charge is -2.18. The van der Waals surface area contributed by atoms with Gasteiger partial charge < -0.3 is 10.3 Å². The molecule has 1 aliphatic heterocycles. The zero-order valence-corrected chi connectivity index (χ0v) is 14.5. The first-order valence-corrected chi connectivity index (χ1v) is 9.04. The molecule has 1 aromatic carbocycles. The summed E-state index contributed by atoms with van der Waals surface area (Å²) in [5, 5.41) is 3.31. The fourth-order valence-corrected chi connectivity index (χ4v) is 3.74. The monoisotopic (exact) mass is 323 g/mol. The van der Waals surface area contributed by atoms with Crippen LogP contribution >= 0.6 is 0 Å². The van der Waals surface area contributed by atoms with E-state index in [4.69, 9.17) is 4.98 Å². The number of aryl methyl sites for hydroxylation is 1. The maximum atomic E-state index is 12.6. The first-order valence-electron chi connectivity index (χ1n) is 9.04. The Bertz CT molecular complexity index is 818. The Morgan fingerprint density at radius 2 is 2.08 bits per heavy atom. The van der Waals surface area contributed by atoms with Crippen LogP contribution in [0.1, 0.15) is 67.2 Å². The molecule has 0 bridgehead atoms. The van der Waals surface area contributed by atoms with Crippen molar-refractivity contribution in [2.24, 2.45) is 0 Å². The van der Waals surface area contributed by atoms with E-state index in [-0.39, 0.29) is 11.0 Å². The average molecular weight is 323 g/mol. The number of nitrogens with zero attached hydrogens (tertiary/aromatic N) is 1. The topological polar surface area (TPSA) is 57.8 Å². The molecule has 0 atom stereocenters. The molecule has 2 N–H and O–H groups in total. The van der Waals surface area contributed by atoms with E-state index in [9.17, 15) is 4.79 Å². The van der Waals surface area contributed by atoms with Gasteiger partial charge >= 0.3 is 0 Å². The van der Waals surface area contributed by atoms with Crippen molar-refractivity contribution in [3.63, 3.8) is 0 Å². The van der Waals surface area contributed by atoms with E-state index in [1.54, 1.807) is 0 Å². The molecule has 4 rings (SSSR count). The van der Waals surface area contributed by atoms with Gasteiger partial charge in [-0.25, -0.2) is 4.98 Å². The molecular weight excluding hydrogens is 298 g/mol. The van der Waals surface area contributed by atoms with Crippen molar-refractivity contribution < 1.29 is 0 Å². The molecule has 4 heteroatoms. The highest BCUT2D eigenvalue weighted by Gasteiger charge is 2.48. The second kappa shape index (κ2) is 5.85. The maximum absolute atomic E-state index is 12.6. The van der Waals surface area contributed by atoms with Crippen LogP contribution in [0.15, 0.2) is 29.1 Å². The van der Waals surface area contributed by atoms with Crippen molar-refractivity contribution >= 4 is 0 Å². The Labute approximate surface area is 142 Å². The minimum absolute atomic E-state index is 0.0377. The lowest BCUT2D eigenvalue weighted by atomic mass is 9.90. The number of hydrogen-bond acceptors (Lipinski definition) is 3. The Hall–Kier alpha value is -1.94. The van der Waals surface area contributed by atoms with Gasteiger partial charge in [0.05, 0.1) is 16.7 Å². The third-order valence-electron chi connectivity index (χ3n) is 5.48. The van der Waals surface area contributed by atoms with E-state index in [1.807, 2.05) is 0 Å². The van der Waals surface area contributed by atoms with Crippen LogP contribution in [0.3, 0.4) is 0 Å². The number of benzene rings is 1. The lowest BCUT2D eigenvalue weighted by Crippen LogP contribution is -2.26. The van der Waals surface area contributed by atoms with Crippen molar-refractivity contribution in [1.29, 1.82) is 0 Å². The Balaban J connectivity index is 1.78. The van der Waals surface area contributed by atoms with Crippen molar-refractivity contribution in [3.05, 3.63) is 62.8 Å². The number of rotatable bonds is 3. The quantitative estimate of drug-likeness (QED) is 0.913. The van der Waals surface area contributed by atoms with E-state index >= 15 is 0 Å². The predicted molar refractivity (Wildman–Crippen MR) is 95.4 cm³/mol. The van der Waals surface area contributed by atoms with Crippen LogP contribution in [0.2, 0.25) is 0 Å². The number of H-pyrrole nitrogens is 1. The van der Waals surface area contributed by atoms with Gasteiger partial charge in [0.1, 0.15) is 5.82 Å². The fraction of sp³-hybridized carbons (Fsp3) is 0.500. The summed E-state index contributed by atoms with van der Waals surface area (Å²) in [6.07, 6.45) is 4.06. The molecule has 2 aliphatic rings. The molecule has 1 aromatic heterocycles. The molecule has 4 nitrogen and oxygen atoms in total. The molecule has 1 saturated carbocycles. The van der Waals surface area contributed by atoms with Gasteiger partial charge in [0.2, 0.25) is 0 Å². The van der Waals surface area contributed by atoms with Crippen molar-refractivity contribution in [2.45, 2.75) is 57.4 Å². The van der Waals surface area contributed by atoms with E-state index in [0.717, 1.165) is 49.3 Å². The van der Waals surface area contributed by atoms with Gasteiger partial charge in [-0.05, 0) is 49.3 Å². The normalized spacial score (nSPS) is 19.0. The number of hydrogen-bond donors (Lipinski definition) is 2. The third-order valence-corrected chi connectivity index (χ3v) is 5.48. The molecule has 2 heterocycles. The SMILES string of the molecule is CC(C)c1cccc(C2(c3nc4c(c(=O)[nH]3)CNCCC4)CC2)c1. The average Bonchev–Trinajstić information content (AvgIpc) is 3.39. The highest BCUT2D eigenvalue weighted by Crippen LogP contribution is 2.52. The Kier molecular flexibility index (Phi) is 3.80. The number of aromatic amines is 1. The third kappa shape index (κ3) is 2.59. The summed E-state index contributed by atoms with van der Waals surface area (Å²) < 4.78 is 0. The molecule has 126 valence electrons. The predicted octanol–water partition coefficient (Wildman–Crippen LogP) is 3.01.